The lowest BCUT2D eigenvalue weighted by atomic mass is 9.88. The molecule has 4 heterocycles. The van der Waals surface area contributed by atoms with Gasteiger partial charge < -0.3 is 15.0 Å². The first-order valence-corrected chi connectivity index (χ1v) is 13.3. The Labute approximate surface area is 223 Å². The van der Waals surface area contributed by atoms with Gasteiger partial charge in [-0.3, -0.25) is 9.89 Å². The van der Waals surface area contributed by atoms with Crippen LogP contribution in [0.15, 0.2) is 35.5 Å². The van der Waals surface area contributed by atoms with Crippen molar-refractivity contribution in [2.24, 2.45) is 4.99 Å². The standard InChI is InChI=1S/C27H31F4N7O/c1-16-13-37(14-23(28)29)21-12-17(6-7-20(21)32-16)19-8-11-38-24(19)25(39-2)34-26(35-38)33-22-9-10-36(15-27(22,30)31)18-4-3-5-18/h6-8,11-12,18,22-23H,3-5,9-10,13-15H2,1-2H3,(H,33,35)/t22-/m0/s1. The molecule has 1 aromatic carbocycles. The van der Waals surface area contributed by atoms with Crippen molar-refractivity contribution in [2.75, 3.05) is 43.5 Å². The van der Waals surface area contributed by atoms with Crippen molar-refractivity contribution in [2.45, 2.75) is 57.0 Å². The number of benzene rings is 1. The van der Waals surface area contributed by atoms with Crippen LogP contribution in [0, 0.1) is 0 Å². The lowest BCUT2D eigenvalue weighted by Gasteiger charge is -2.45. The fraction of sp³-hybridized carbons (Fsp3) is 0.519. The molecule has 2 aromatic heterocycles. The van der Waals surface area contributed by atoms with Crippen molar-refractivity contribution >= 4 is 28.6 Å². The van der Waals surface area contributed by atoms with Gasteiger partial charge in [0.1, 0.15) is 5.52 Å². The number of anilines is 2. The van der Waals surface area contributed by atoms with Gasteiger partial charge in [0.2, 0.25) is 11.8 Å². The van der Waals surface area contributed by atoms with E-state index in [1.54, 1.807) is 21.7 Å². The van der Waals surface area contributed by atoms with Gasteiger partial charge in [0.25, 0.3) is 12.3 Å². The average Bonchev–Trinajstić information content (AvgIpc) is 3.27. The van der Waals surface area contributed by atoms with Crippen molar-refractivity contribution in [1.82, 2.24) is 19.5 Å². The summed E-state index contributed by atoms with van der Waals surface area (Å²) in [5.41, 5.74) is 4.04. The Hall–Kier alpha value is -3.41. The van der Waals surface area contributed by atoms with Crippen LogP contribution in [0.3, 0.4) is 0 Å². The summed E-state index contributed by atoms with van der Waals surface area (Å²) in [4.78, 5) is 12.5. The molecule has 3 aliphatic rings. The largest absolute Gasteiger partial charge is 0.479 e. The van der Waals surface area contributed by atoms with E-state index >= 15 is 8.78 Å². The van der Waals surface area contributed by atoms with Crippen LogP contribution in [0.2, 0.25) is 0 Å². The number of hydrogen-bond donors (Lipinski definition) is 1. The molecular formula is C27H31F4N7O. The van der Waals surface area contributed by atoms with Crippen molar-refractivity contribution < 1.29 is 22.3 Å². The van der Waals surface area contributed by atoms with Gasteiger partial charge >= 0.3 is 0 Å². The minimum absolute atomic E-state index is 0.0571. The molecule has 0 amide bonds. The van der Waals surface area contributed by atoms with Gasteiger partial charge in [0.15, 0.2) is 0 Å². The second kappa shape index (κ2) is 9.96. The zero-order chi connectivity index (χ0) is 27.3. The van der Waals surface area contributed by atoms with Crippen LogP contribution in [-0.4, -0.2) is 82.9 Å². The third-order valence-corrected chi connectivity index (χ3v) is 7.91. The number of likely N-dealkylation sites (tertiary alicyclic amines) is 1. The molecule has 2 fully saturated rings. The third-order valence-electron chi connectivity index (χ3n) is 7.91. The number of halogens is 4. The molecule has 1 N–H and O–H groups in total. The van der Waals surface area contributed by atoms with Gasteiger partial charge in [-0.1, -0.05) is 12.5 Å². The Morgan fingerprint density at radius 3 is 2.69 bits per heavy atom. The number of piperidine rings is 1. The van der Waals surface area contributed by atoms with Crippen molar-refractivity contribution in [3.05, 3.63) is 30.5 Å². The number of aromatic nitrogens is 3. The zero-order valence-corrected chi connectivity index (χ0v) is 21.9. The average molecular weight is 546 g/mol. The van der Waals surface area contributed by atoms with E-state index in [1.807, 2.05) is 30.0 Å². The van der Waals surface area contributed by atoms with Gasteiger partial charge in [0, 0.05) is 30.1 Å². The molecule has 3 aromatic rings. The van der Waals surface area contributed by atoms with E-state index in [0.717, 1.165) is 36.1 Å². The van der Waals surface area contributed by atoms with E-state index in [-0.39, 0.29) is 30.8 Å². The molecule has 6 rings (SSSR count). The van der Waals surface area contributed by atoms with Crippen molar-refractivity contribution in [1.29, 1.82) is 0 Å². The van der Waals surface area contributed by atoms with Crippen LogP contribution in [0.1, 0.15) is 32.6 Å². The fourth-order valence-electron chi connectivity index (χ4n) is 5.76. The normalized spacial score (nSPS) is 21.6. The molecule has 1 aliphatic carbocycles. The van der Waals surface area contributed by atoms with E-state index < -0.39 is 24.9 Å². The highest BCUT2D eigenvalue weighted by Crippen LogP contribution is 2.40. The molecule has 39 heavy (non-hydrogen) atoms. The summed E-state index contributed by atoms with van der Waals surface area (Å²) in [6, 6.07) is 6.49. The molecule has 0 unspecified atom stereocenters. The molecule has 0 spiro atoms. The number of alkyl halides is 4. The number of fused-ring (bicyclic) bond motifs is 2. The van der Waals surface area contributed by atoms with Gasteiger partial charge in [0.05, 0.1) is 44.2 Å². The quantitative estimate of drug-likeness (QED) is 0.409. The van der Waals surface area contributed by atoms with Gasteiger partial charge in [-0.05, 0) is 49.9 Å². The molecular weight excluding hydrogens is 514 g/mol. The second-order valence-corrected chi connectivity index (χ2v) is 10.6. The smallest absolute Gasteiger partial charge is 0.280 e. The molecule has 2 aliphatic heterocycles. The van der Waals surface area contributed by atoms with Crippen LogP contribution in [0.5, 0.6) is 5.88 Å². The third kappa shape index (κ3) is 4.90. The lowest BCUT2D eigenvalue weighted by molar-refractivity contribution is -0.0921. The van der Waals surface area contributed by atoms with Crippen LogP contribution in [0.4, 0.5) is 34.9 Å². The number of aliphatic imine (C=N–C) groups is 1. The predicted molar refractivity (Wildman–Crippen MR) is 142 cm³/mol. The Bertz CT molecular complexity index is 1400. The summed E-state index contributed by atoms with van der Waals surface area (Å²) in [6.45, 7) is 2.08. The second-order valence-electron chi connectivity index (χ2n) is 10.6. The molecule has 1 saturated heterocycles. The van der Waals surface area contributed by atoms with Crippen LogP contribution in [-0.2, 0) is 0 Å². The number of nitrogens with zero attached hydrogens (tertiary/aromatic N) is 6. The summed E-state index contributed by atoms with van der Waals surface area (Å²) < 4.78 is 63.8. The van der Waals surface area contributed by atoms with Crippen LogP contribution >= 0.6 is 0 Å². The molecule has 8 nitrogen and oxygen atoms in total. The van der Waals surface area contributed by atoms with Crippen LogP contribution < -0.4 is 15.0 Å². The van der Waals surface area contributed by atoms with E-state index in [2.05, 4.69) is 20.4 Å². The van der Waals surface area contributed by atoms with E-state index in [9.17, 15) is 8.78 Å². The first-order valence-electron chi connectivity index (χ1n) is 13.3. The summed E-state index contributed by atoms with van der Waals surface area (Å²) >= 11 is 0. The Balaban J connectivity index is 1.29. The number of rotatable bonds is 7. The topological polar surface area (TPSA) is 70.3 Å². The molecule has 0 radical (unpaired) electrons. The van der Waals surface area contributed by atoms with Gasteiger partial charge in [-0.2, -0.15) is 4.98 Å². The molecule has 1 saturated carbocycles. The lowest BCUT2D eigenvalue weighted by Crippen LogP contribution is -2.58. The first kappa shape index (κ1) is 25.8. The van der Waals surface area contributed by atoms with Crippen molar-refractivity contribution in [3.63, 3.8) is 0 Å². The summed E-state index contributed by atoms with van der Waals surface area (Å²) in [5, 5.41) is 7.32. The Kier molecular flexibility index (Phi) is 6.60. The summed E-state index contributed by atoms with van der Waals surface area (Å²) in [6.07, 6.45) is 2.59. The molecule has 1 atom stereocenters. The Morgan fingerprint density at radius 2 is 2.00 bits per heavy atom. The monoisotopic (exact) mass is 545 g/mol. The van der Waals surface area contributed by atoms with Crippen LogP contribution in [0.25, 0.3) is 16.6 Å². The number of hydrogen-bond acceptors (Lipinski definition) is 7. The summed E-state index contributed by atoms with van der Waals surface area (Å²) in [5.74, 6) is -2.64. The predicted octanol–water partition coefficient (Wildman–Crippen LogP) is 5.26. The maximum Gasteiger partial charge on any atom is 0.280 e. The van der Waals surface area contributed by atoms with E-state index in [4.69, 9.17) is 4.74 Å². The number of nitrogens with one attached hydrogen (secondary N) is 1. The Morgan fingerprint density at radius 1 is 1.18 bits per heavy atom. The number of methoxy groups -OCH3 is 1. The number of ether oxygens (including phenoxy) is 1. The maximum absolute atomic E-state index is 15.1. The minimum Gasteiger partial charge on any atom is -0.479 e. The highest BCUT2D eigenvalue weighted by molar-refractivity contribution is 5.96. The highest BCUT2D eigenvalue weighted by Gasteiger charge is 2.47. The highest BCUT2D eigenvalue weighted by atomic mass is 19.3. The maximum atomic E-state index is 15.1. The first-order chi connectivity index (χ1) is 18.7. The van der Waals surface area contributed by atoms with E-state index in [1.165, 1.54) is 7.11 Å². The SMILES string of the molecule is COc1nc(N[C@H]2CCN(C3CCC3)CC2(F)F)nn2ccc(-c3ccc4c(c3)N(CC(F)F)CC(C)=N4)c12. The van der Waals surface area contributed by atoms with Crippen molar-refractivity contribution in [3.8, 4) is 17.0 Å². The molecule has 0 bridgehead atoms. The summed E-state index contributed by atoms with van der Waals surface area (Å²) in [7, 11) is 1.46. The van der Waals surface area contributed by atoms with Gasteiger partial charge in [-0.25, -0.2) is 22.1 Å². The minimum atomic E-state index is -2.92. The van der Waals surface area contributed by atoms with Gasteiger partial charge in [-0.15, -0.1) is 5.10 Å². The molecule has 12 heteroatoms. The fourth-order valence-corrected chi connectivity index (χ4v) is 5.76. The molecule has 208 valence electrons. The zero-order valence-electron chi connectivity index (χ0n) is 21.9. The van der Waals surface area contributed by atoms with E-state index in [0.29, 0.717) is 30.0 Å².